The molecule has 27 heavy (non-hydrogen) atoms. The third kappa shape index (κ3) is 6.74. The molecule has 0 aliphatic heterocycles. The molecule has 2 amide bonds. The summed E-state index contributed by atoms with van der Waals surface area (Å²) in [4.78, 5) is 35.3. The van der Waals surface area contributed by atoms with Crippen molar-refractivity contribution in [2.75, 3.05) is 16.4 Å². The van der Waals surface area contributed by atoms with Gasteiger partial charge in [0, 0.05) is 23.2 Å². The minimum absolute atomic E-state index is 0.107. The lowest BCUT2D eigenvalue weighted by Crippen LogP contribution is -2.30. The van der Waals surface area contributed by atoms with E-state index in [4.69, 9.17) is 4.74 Å². The number of hydrogen-bond acceptors (Lipinski definition) is 5. The highest BCUT2D eigenvalue weighted by atomic mass is 32.2. The largest absolute Gasteiger partial charge is 0.452 e. The van der Waals surface area contributed by atoms with Crippen LogP contribution in [0.5, 0.6) is 0 Å². The molecule has 0 aliphatic carbocycles. The molecule has 0 bridgehead atoms. The molecule has 0 unspecified atom stereocenters. The highest BCUT2D eigenvalue weighted by Crippen LogP contribution is 2.21. The Labute approximate surface area is 160 Å². The quantitative estimate of drug-likeness (QED) is 0.559. The van der Waals surface area contributed by atoms with Gasteiger partial charge in [-0.15, -0.1) is 11.8 Å². The van der Waals surface area contributed by atoms with Crippen LogP contribution in [0.3, 0.4) is 0 Å². The van der Waals surface area contributed by atoms with Crippen molar-refractivity contribution in [3.63, 3.8) is 0 Å². The van der Waals surface area contributed by atoms with Crippen molar-refractivity contribution in [2.24, 2.45) is 0 Å². The average Bonchev–Trinajstić information content (AvgIpc) is 2.62. The van der Waals surface area contributed by atoms with Crippen molar-refractivity contribution in [1.82, 2.24) is 0 Å². The maximum absolute atomic E-state index is 13.5. The normalized spacial score (nSPS) is 11.4. The lowest BCUT2D eigenvalue weighted by atomic mass is 10.2. The van der Waals surface area contributed by atoms with E-state index in [9.17, 15) is 18.8 Å². The topological polar surface area (TPSA) is 84.5 Å². The Kier molecular flexibility index (Phi) is 7.36. The van der Waals surface area contributed by atoms with Crippen LogP contribution in [-0.4, -0.2) is 29.6 Å². The standard InChI is InChI=1S/C19H19FN2O4S/c1-12(26-18(24)11-27-17-6-4-3-5-16(17)20)19(25)22-15-9-7-14(8-10-15)21-13(2)23/h3-10,12H,11H2,1-2H3,(H,21,23)(H,22,25)/t12-/m1/s1. The molecule has 0 aliphatic rings. The second kappa shape index (κ2) is 9.72. The van der Waals surface area contributed by atoms with Crippen molar-refractivity contribution in [3.05, 3.63) is 54.3 Å². The lowest BCUT2D eigenvalue weighted by molar-refractivity contribution is -0.150. The smallest absolute Gasteiger partial charge is 0.317 e. The molecular formula is C19H19FN2O4S. The molecule has 0 aromatic heterocycles. The molecule has 0 saturated carbocycles. The first-order valence-electron chi connectivity index (χ1n) is 8.10. The zero-order valence-electron chi connectivity index (χ0n) is 14.8. The van der Waals surface area contributed by atoms with Gasteiger partial charge in [0.1, 0.15) is 5.82 Å². The van der Waals surface area contributed by atoms with E-state index < -0.39 is 23.8 Å². The summed E-state index contributed by atoms with van der Waals surface area (Å²) in [7, 11) is 0. The Morgan fingerprint density at radius 2 is 1.63 bits per heavy atom. The number of carbonyl (C=O) groups is 3. The first-order chi connectivity index (χ1) is 12.8. The van der Waals surface area contributed by atoms with Gasteiger partial charge in [0.2, 0.25) is 5.91 Å². The number of nitrogens with one attached hydrogen (secondary N) is 2. The van der Waals surface area contributed by atoms with Crippen molar-refractivity contribution in [1.29, 1.82) is 0 Å². The Hall–Kier alpha value is -2.87. The molecule has 0 spiro atoms. The number of rotatable bonds is 7. The van der Waals surface area contributed by atoms with E-state index >= 15 is 0 Å². The lowest BCUT2D eigenvalue weighted by Gasteiger charge is -2.14. The van der Waals surface area contributed by atoms with Gasteiger partial charge in [0.05, 0.1) is 5.75 Å². The highest BCUT2D eigenvalue weighted by Gasteiger charge is 2.18. The summed E-state index contributed by atoms with van der Waals surface area (Å²) in [5, 5.41) is 5.23. The van der Waals surface area contributed by atoms with Gasteiger partial charge in [-0.05, 0) is 43.3 Å². The molecule has 2 rings (SSSR count). The third-order valence-electron chi connectivity index (χ3n) is 3.33. The van der Waals surface area contributed by atoms with Crippen molar-refractivity contribution in [2.45, 2.75) is 24.8 Å². The number of anilines is 2. The van der Waals surface area contributed by atoms with E-state index in [-0.39, 0.29) is 11.7 Å². The Morgan fingerprint density at radius 3 is 2.22 bits per heavy atom. The van der Waals surface area contributed by atoms with Crippen molar-refractivity contribution < 1.29 is 23.5 Å². The van der Waals surface area contributed by atoms with E-state index in [1.807, 2.05) is 0 Å². The predicted molar refractivity (Wildman–Crippen MR) is 102 cm³/mol. The van der Waals surface area contributed by atoms with Crippen molar-refractivity contribution >= 4 is 40.9 Å². The molecule has 0 fully saturated rings. The van der Waals surface area contributed by atoms with Gasteiger partial charge in [-0.1, -0.05) is 12.1 Å². The summed E-state index contributed by atoms with van der Waals surface area (Å²) >= 11 is 1.00. The van der Waals surface area contributed by atoms with Gasteiger partial charge in [-0.25, -0.2) is 4.39 Å². The molecule has 0 radical (unpaired) electrons. The molecule has 2 N–H and O–H groups in total. The van der Waals surface area contributed by atoms with E-state index in [0.29, 0.717) is 16.3 Å². The van der Waals surface area contributed by atoms with Gasteiger partial charge in [-0.3, -0.25) is 14.4 Å². The second-order valence-electron chi connectivity index (χ2n) is 5.60. The average molecular weight is 390 g/mol. The van der Waals surface area contributed by atoms with Crippen molar-refractivity contribution in [3.8, 4) is 0 Å². The molecule has 0 saturated heterocycles. The molecule has 8 heteroatoms. The van der Waals surface area contributed by atoms with Crippen LogP contribution in [0.25, 0.3) is 0 Å². The van der Waals surface area contributed by atoms with Crippen LogP contribution in [0, 0.1) is 5.82 Å². The summed E-state index contributed by atoms with van der Waals surface area (Å²) in [6, 6.07) is 12.6. The summed E-state index contributed by atoms with van der Waals surface area (Å²) < 4.78 is 18.6. The van der Waals surface area contributed by atoms with Crippen LogP contribution in [0.15, 0.2) is 53.4 Å². The monoisotopic (exact) mass is 390 g/mol. The minimum atomic E-state index is -1.01. The summed E-state index contributed by atoms with van der Waals surface area (Å²) in [6.07, 6.45) is -1.01. The fraction of sp³-hybridized carbons (Fsp3) is 0.211. The van der Waals surface area contributed by atoms with Gasteiger partial charge in [0.25, 0.3) is 5.91 Å². The van der Waals surface area contributed by atoms with E-state index in [1.165, 1.54) is 19.9 Å². The third-order valence-corrected chi connectivity index (χ3v) is 4.35. The zero-order chi connectivity index (χ0) is 19.8. The number of carbonyl (C=O) groups excluding carboxylic acids is 3. The van der Waals surface area contributed by atoms with Crippen LogP contribution in [0.1, 0.15) is 13.8 Å². The molecular weight excluding hydrogens is 371 g/mol. The fourth-order valence-corrected chi connectivity index (χ4v) is 2.79. The number of ether oxygens (including phenoxy) is 1. The predicted octanol–water partition coefficient (Wildman–Crippen LogP) is 3.45. The number of amides is 2. The van der Waals surface area contributed by atoms with Crippen LogP contribution < -0.4 is 10.6 Å². The SMILES string of the molecule is CC(=O)Nc1ccc(NC(=O)[C@@H](C)OC(=O)CSc2ccccc2F)cc1. The summed E-state index contributed by atoms with van der Waals surface area (Å²) in [5.41, 5.74) is 1.10. The van der Waals surface area contributed by atoms with Crippen LogP contribution in [0.4, 0.5) is 15.8 Å². The van der Waals surface area contributed by atoms with Crippen LogP contribution in [-0.2, 0) is 19.1 Å². The number of halogens is 1. The zero-order valence-corrected chi connectivity index (χ0v) is 15.6. The van der Waals surface area contributed by atoms with E-state index in [2.05, 4.69) is 10.6 Å². The fourth-order valence-electron chi connectivity index (χ4n) is 2.07. The highest BCUT2D eigenvalue weighted by molar-refractivity contribution is 8.00. The summed E-state index contributed by atoms with van der Waals surface area (Å²) in [5.74, 6) is -1.83. The minimum Gasteiger partial charge on any atom is -0.452 e. The first-order valence-corrected chi connectivity index (χ1v) is 9.09. The maximum Gasteiger partial charge on any atom is 0.317 e. The first kappa shape index (κ1) is 20.4. The molecule has 1 atom stereocenters. The molecule has 142 valence electrons. The summed E-state index contributed by atoms with van der Waals surface area (Å²) in [6.45, 7) is 2.85. The number of esters is 1. The Bertz CT molecular complexity index is 827. The van der Waals surface area contributed by atoms with Gasteiger partial charge in [-0.2, -0.15) is 0 Å². The van der Waals surface area contributed by atoms with E-state index in [0.717, 1.165) is 11.8 Å². The number of hydrogen-bond donors (Lipinski definition) is 2. The molecule has 0 heterocycles. The molecule has 6 nitrogen and oxygen atoms in total. The molecule has 2 aromatic carbocycles. The maximum atomic E-state index is 13.5. The van der Waals surface area contributed by atoms with Gasteiger partial charge in [0.15, 0.2) is 6.10 Å². The van der Waals surface area contributed by atoms with Gasteiger partial charge < -0.3 is 15.4 Å². The Morgan fingerprint density at radius 1 is 1.04 bits per heavy atom. The second-order valence-corrected chi connectivity index (χ2v) is 6.62. The number of thioether (sulfide) groups is 1. The van der Waals surface area contributed by atoms with Crippen LogP contribution >= 0.6 is 11.8 Å². The van der Waals surface area contributed by atoms with E-state index in [1.54, 1.807) is 42.5 Å². The Balaban J connectivity index is 1.81. The van der Waals surface area contributed by atoms with Gasteiger partial charge >= 0.3 is 5.97 Å². The molecule has 2 aromatic rings. The van der Waals surface area contributed by atoms with Crippen LogP contribution in [0.2, 0.25) is 0 Å². The number of benzene rings is 2.